The van der Waals surface area contributed by atoms with Crippen molar-refractivity contribution in [1.29, 1.82) is 0 Å². The van der Waals surface area contributed by atoms with Crippen LogP contribution in [-0.2, 0) is 0 Å². The number of amides is 1. The minimum Gasteiger partial charge on any atom is -0.350 e. The monoisotopic (exact) mass is 352 g/mol. The van der Waals surface area contributed by atoms with Gasteiger partial charge in [0, 0.05) is 16.6 Å². The van der Waals surface area contributed by atoms with Gasteiger partial charge >= 0.3 is 0 Å². The average molecular weight is 354 g/mol. The summed E-state index contributed by atoms with van der Waals surface area (Å²) in [6, 6.07) is 5.21. The Labute approximate surface area is 126 Å². The molecule has 1 fully saturated rings. The zero-order valence-electron chi connectivity index (χ0n) is 9.71. The van der Waals surface area contributed by atoms with Gasteiger partial charge < -0.3 is 11.1 Å². The predicted octanol–water partition coefficient (Wildman–Crippen LogP) is 3.14. The van der Waals surface area contributed by atoms with Crippen LogP contribution in [0.1, 0.15) is 29.6 Å². The maximum atomic E-state index is 11.9. The van der Waals surface area contributed by atoms with Crippen molar-refractivity contribution in [2.45, 2.75) is 24.8 Å². The first-order chi connectivity index (χ1) is 8.00. The lowest BCUT2D eigenvalue weighted by Gasteiger charge is -2.38. The molecular weight excluding hydrogens is 339 g/mol. The Kier molecular flexibility index (Phi) is 5.46. The van der Waals surface area contributed by atoms with Gasteiger partial charge in [0.2, 0.25) is 0 Å². The molecule has 3 N–H and O–H groups in total. The van der Waals surface area contributed by atoms with Crippen LogP contribution in [-0.4, -0.2) is 18.0 Å². The predicted molar refractivity (Wildman–Crippen MR) is 79.5 cm³/mol. The van der Waals surface area contributed by atoms with Crippen LogP contribution >= 0.6 is 39.9 Å². The van der Waals surface area contributed by atoms with Gasteiger partial charge in [0.05, 0.1) is 10.6 Å². The van der Waals surface area contributed by atoms with Crippen LogP contribution in [0.4, 0.5) is 0 Å². The quantitative estimate of drug-likeness (QED) is 0.877. The molecule has 100 valence electrons. The second-order valence-corrected chi connectivity index (χ2v) is 5.85. The summed E-state index contributed by atoms with van der Waals surface area (Å²) in [5.41, 5.74) is 6.30. The molecule has 2 rings (SSSR count). The molecule has 1 amide bonds. The third-order valence-electron chi connectivity index (χ3n) is 3.12. The number of halogens is 3. The minimum absolute atomic E-state index is 0. The molecular formula is C12H15BrCl2N2O. The fraction of sp³-hybridized carbons (Fsp3) is 0.417. The molecule has 1 aliphatic carbocycles. The lowest BCUT2D eigenvalue weighted by molar-refractivity contribution is 0.0930. The van der Waals surface area contributed by atoms with Crippen molar-refractivity contribution in [1.82, 2.24) is 5.32 Å². The molecule has 0 saturated heterocycles. The summed E-state index contributed by atoms with van der Waals surface area (Å²) in [5.74, 6) is -0.173. The third kappa shape index (κ3) is 3.60. The summed E-state index contributed by atoms with van der Waals surface area (Å²) < 4.78 is 0.832. The number of hydrogen-bond donors (Lipinski definition) is 2. The van der Waals surface area contributed by atoms with Crippen LogP contribution < -0.4 is 11.1 Å². The maximum Gasteiger partial charge on any atom is 0.252 e. The van der Waals surface area contributed by atoms with Gasteiger partial charge in [0.15, 0.2) is 0 Å². The molecule has 0 radical (unpaired) electrons. The number of carbonyl (C=O) groups excluding carboxylic acids is 1. The summed E-state index contributed by atoms with van der Waals surface area (Å²) >= 11 is 9.29. The molecule has 0 atom stereocenters. The standard InChI is InChI=1S/C12H14BrClN2O.ClH/c13-8-2-3-10(14)9(6-8)11(17)16-7-12(15)4-1-5-12;/h2-3,6H,1,4-5,7,15H2,(H,16,17);1H. The summed E-state index contributed by atoms with van der Waals surface area (Å²) in [7, 11) is 0. The Morgan fingerprint density at radius 3 is 2.72 bits per heavy atom. The van der Waals surface area contributed by atoms with E-state index in [-0.39, 0.29) is 23.9 Å². The molecule has 3 nitrogen and oxygen atoms in total. The van der Waals surface area contributed by atoms with Crippen LogP contribution in [0.25, 0.3) is 0 Å². The van der Waals surface area contributed by atoms with Crippen molar-refractivity contribution in [2.75, 3.05) is 6.54 Å². The number of nitrogens with one attached hydrogen (secondary N) is 1. The van der Waals surface area contributed by atoms with E-state index in [0.717, 1.165) is 23.7 Å². The van der Waals surface area contributed by atoms with Crippen LogP contribution in [0, 0.1) is 0 Å². The highest BCUT2D eigenvalue weighted by Gasteiger charge is 2.32. The van der Waals surface area contributed by atoms with E-state index in [1.165, 1.54) is 0 Å². The zero-order chi connectivity index (χ0) is 12.5. The highest BCUT2D eigenvalue weighted by Crippen LogP contribution is 2.28. The third-order valence-corrected chi connectivity index (χ3v) is 3.95. The molecule has 0 aliphatic heterocycles. The van der Waals surface area contributed by atoms with Gasteiger partial charge in [-0.3, -0.25) is 4.79 Å². The Balaban J connectivity index is 0.00000162. The Morgan fingerprint density at radius 2 is 2.17 bits per heavy atom. The van der Waals surface area contributed by atoms with Gasteiger partial charge in [-0.15, -0.1) is 12.4 Å². The number of benzene rings is 1. The summed E-state index contributed by atoms with van der Waals surface area (Å²) in [5, 5.41) is 3.29. The number of nitrogens with two attached hydrogens (primary N) is 1. The smallest absolute Gasteiger partial charge is 0.252 e. The first-order valence-corrected chi connectivity index (χ1v) is 6.69. The average Bonchev–Trinajstić information content (AvgIpc) is 2.26. The van der Waals surface area contributed by atoms with E-state index in [4.69, 9.17) is 17.3 Å². The van der Waals surface area contributed by atoms with Crippen LogP contribution in [0.5, 0.6) is 0 Å². The molecule has 1 saturated carbocycles. The van der Waals surface area contributed by atoms with E-state index in [1.54, 1.807) is 18.2 Å². The highest BCUT2D eigenvalue weighted by molar-refractivity contribution is 9.10. The lowest BCUT2D eigenvalue weighted by atomic mass is 9.78. The molecule has 0 bridgehead atoms. The van der Waals surface area contributed by atoms with E-state index in [2.05, 4.69) is 21.2 Å². The Morgan fingerprint density at radius 1 is 1.50 bits per heavy atom. The second-order valence-electron chi connectivity index (χ2n) is 4.52. The van der Waals surface area contributed by atoms with E-state index >= 15 is 0 Å². The first-order valence-electron chi connectivity index (χ1n) is 5.52. The summed E-state index contributed by atoms with van der Waals surface area (Å²) in [4.78, 5) is 11.9. The van der Waals surface area contributed by atoms with Gasteiger partial charge in [0.25, 0.3) is 5.91 Å². The van der Waals surface area contributed by atoms with Crippen molar-refractivity contribution in [3.05, 3.63) is 33.3 Å². The molecule has 0 unspecified atom stereocenters. The largest absolute Gasteiger partial charge is 0.350 e. The first kappa shape index (κ1) is 15.8. The van der Waals surface area contributed by atoms with Crippen LogP contribution in [0.3, 0.4) is 0 Å². The zero-order valence-corrected chi connectivity index (χ0v) is 12.9. The SMILES string of the molecule is Cl.NC1(CNC(=O)c2cc(Br)ccc2Cl)CCC1. The molecule has 0 heterocycles. The van der Waals surface area contributed by atoms with Crippen molar-refractivity contribution in [3.63, 3.8) is 0 Å². The topological polar surface area (TPSA) is 55.1 Å². The van der Waals surface area contributed by atoms with Gasteiger partial charge in [-0.1, -0.05) is 27.5 Å². The number of carbonyl (C=O) groups is 1. The van der Waals surface area contributed by atoms with E-state index < -0.39 is 0 Å². The fourth-order valence-electron chi connectivity index (χ4n) is 1.83. The van der Waals surface area contributed by atoms with E-state index in [9.17, 15) is 4.79 Å². The van der Waals surface area contributed by atoms with E-state index in [1.807, 2.05) is 0 Å². The molecule has 1 aromatic carbocycles. The fourth-order valence-corrected chi connectivity index (χ4v) is 2.40. The molecule has 6 heteroatoms. The van der Waals surface area contributed by atoms with Crippen LogP contribution in [0.15, 0.2) is 22.7 Å². The van der Waals surface area contributed by atoms with E-state index in [0.29, 0.717) is 17.1 Å². The van der Waals surface area contributed by atoms with Crippen molar-refractivity contribution in [3.8, 4) is 0 Å². The molecule has 18 heavy (non-hydrogen) atoms. The van der Waals surface area contributed by atoms with Crippen molar-refractivity contribution in [2.24, 2.45) is 5.73 Å². The minimum atomic E-state index is -0.214. The van der Waals surface area contributed by atoms with Crippen molar-refractivity contribution >= 4 is 45.8 Å². The number of hydrogen-bond acceptors (Lipinski definition) is 2. The Bertz CT molecular complexity index is 450. The number of rotatable bonds is 3. The normalized spacial score (nSPS) is 16.4. The second kappa shape index (κ2) is 6.24. The maximum absolute atomic E-state index is 11.9. The Hall–Kier alpha value is -0.290. The lowest BCUT2D eigenvalue weighted by Crippen LogP contribution is -2.54. The van der Waals surface area contributed by atoms with Gasteiger partial charge in [-0.2, -0.15) is 0 Å². The van der Waals surface area contributed by atoms with Gasteiger partial charge in [0.1, 0.15) is 0 Å². The van der Waals surface area contributed by atoms with Gasteiger partial charge in [-0.25, -0.2) is 0 Å². The molecule has 1 aliphatic rings. The molecule has 1 aromatic rings. The highest BCUT2D eigenvalue weighted by atomic mass is 79.9. The molecule has 0 spiro atoms. The molecule has 0 aromatic heterocycles. The van der Waals surface area contributed by atoms with Crippen LogP contribution in [0.2, 0.25) is 5.02 Å². The van der Waals surface area contributed by atoms with Gasteiger partial charge in [-0.05, 0) is 37.5 Å². The summed E-state index contributed by atoms with van der Waals surface area (Å²) in [6.07, 6.45) is 3.09. The van der Waals surface area contributed by atoms with Crippen molar-refractivity contribution < 1.29 is 4.79 Å². The summed E-state index contributed by atoms with van der Waals surface area (Å²) in [6.45, 7) is 0.509.